The van der Waals surface area contributed by atoms with Gasteiger partial charge in [0.15, 0.2) is 0 Å². The number of hydrogen-bond donors (Lipinski definition) is 1. The summed E-state index contributed by atoms with van der Waals surface area (Å²) in [6.45, 7) is 2.13. The Kier molecular flexibility index (Phi) is 5.64. The van der Waals surface area contributed by atoms with Gasteiger partial charge in [0.1, 0.15) is 12.4 Å². The molecule has 0 aromatic heterocycles. The van der Waals surface area contributed by atoms with Crippen LogP contribution in [0.5, 0.6) is 5.75 Å². The van der Waals surface area contributed by atoms with Crippen LogP contribution in [0.3, 0.4) is 0 Å². The van der Waals surface area contributed by atoms with E-state index in [1.807, 2.05) is 19.1 Å². The molecule has 0 aliphatic heterocycles. The van der Waals surface area contributed by atoms with E-state index in [0.717, 1.165) is 48.0 Å². The van der Waals surface area contributed by atoms with Gasteiger partial charge in [0.2, 0.25) is 0 Å². The Balaban J connectivity index is 1.66. The molecule has 0 atom stereocenters. The van der Waals surface area contributed by atoms with E-state index in [1.54, 1.807) is 6.07 Å². The summed E-state index contributed by atoms with van der Waals surface area (Å²) in [4.78, 5) is 10.7. The molecule has 0 radical (unpaired) electrons. The van der Waals surface area contributed by atoms with Crippen LogP contribution in [0.15, 0.2) is 29.3 Å². The molecule has 26 heavy (non-hydrogen) atoms. The van der Waals surface area contributed by atoms with Crippen molar-refractivity contribution in [1.82, 2.24) is 0 Å². The zero-order valence-electron chi connectivity index (χ0n) is 15.2. The molecule has 1 aromatic rings. The van der Waals surface area contributed by atoms with Gasteiger partial charge in [-0.25, -0.2) is 8.78 Å². The predicted molar refractivity (Wildman–Crippen MR) is 95.8 cm³/mol. The Hall–Kier alpha value is -1.91. The molecule has 0 unspecified atom stereocenters. The van der Waals surface area contributed by atoms with E-state index >= 15 is 0 Å². The van der Waals surface area contributed by atoms with Crippen molar-refractivity contribution in [3.63, 3.8) is 0 Å². The van der Waals surface area contributed by atoms with E-state index in [2.05, 4.69) is 0 Å². The van der Waals surface area contributed by atoms with E-state index in [-0.39, 0.29) is 25.9 Å². The minimum atomic E-state index is -2.63. The van der Waals surface area contributed by atoms with Crippen LogP contribution >= 0.6 is 0 Å². The highest BCUT2D eigenvalue weighted by atomic mass is 19.3. The van der Waals surface area contributed by atoms with Gasteiger partial charge in [-0.2, -0.15) is 0 Å². The number of hydrogen-bond acceptors (Lipinski definition) is 2. The first-order valence-corrected chi connectivity index (χ1v) is 9.37. The second kappa shape index (κ2) is 7.77. The fourth-order valence-electron chi connectivity index (χ4n) is 4.19. The molecule has 2 aliphatic rings. The number of benzene rings is 1. The number of allylic oxidation sites excluding steroid dienone is 1. The number of carboxylic acid groups (broad SMARTS) is 1. The van der Waals surface area contributed by atoms with Crippen LogP contribution < -0.4 is 4.74 Å². The molecule has 142 valence electrons. The van der Waals surface area contributed by atoms with Gasteiger partial charge in [-0.05, 0) is 60.9 Å². The number of rotatable bonds is 7. The molecule has 1 aromatic carbocycles. The molecule has 3 rings (SSSR count). The predicted octanol–water partition coefficient (Wildman–Crippen LogP) is 5.31. The van der Waals surface area contributed by atoms with Crippen molar-refractivity contribution in [2.75, 3.05) is 6.61 Å². The number of carboxylic acids is 1. The number of alkyl halides is 2. The number of halogens is 2. The average Bonchev–Trinajstić information content (AvgIpc) is 3.19. The zero-order valence-corrected chi connectivity index (χ0v) is 15.2. The Morgan fingerprint density at radius 1 is 1.27 bits per heavy atom. The summed E-state index contributed by atoms with van der Waals surface area (Å²) >= 11 is 0. The number of ether oxygens (including phenoxy) is 1. The summed E-state index contributed by atoms with van der Waals surface area (Å²) < 4.78 is 33.7. The van der Waals surface area contributed by atoms with Crippen molar-refractivity contribution in [3.8, 4) is 5.75 Å². The standard InChI is InChI=1S/C21H26F2O3/c1-14-10-18(8-6-15(14)7-9-20(24)25)26-13-17-11-21(22,23)12-19(17)16-4-2-3-5-16/h6,8,10,16H,2-5,7,9,11-13H2,1H3,(H,24,25). The fraction of sp³-hybridized carbons (Fsp3) is 0.571. The molecule has 0 spiro atoms. The molecule has 0 saturated heterocycles. The number of carbonyl (C=O) groups is 1. The first-order valence-electron chi connectivity index (χ1n) is 9.37. The average molecular weight is 364 g/mol. The summed E-state index contributed by atoms with van der Waals surface area (Å²) in [7, 11) is 0. The molecule has 1 fully saturated rings. The number of aliphatic carboxylic acids is 1. The van der Waals surface area contributed by atoms with Crippen LogP contribution in [0.2, 0.25) is 0 Å². The van der Waals surface area contributed by atoms with E-state index in [9.17, 15) is 13.6 Å². The van der Waals surface area contributed by atoms with Crippen molar-refractivity contribution in [2.45, 2.75) is 64.2 Å². The molecule has 0 heterocycles. The van der Waals surface area contributed by atoms with Crippen molar-refractivity contribution in [3.05, 3.63) is 40.5 Å². The van der Waals surface area contributed by atoms with E-state index in [0.29, 0.717) is 18.1 Å². The highest BCUT2D eigenvalue weighted by Gasteiger charge is 2.41. The zero-order chi connectivity index (χ0) is 18.7. The Morgan fingerprint density at radius 2 is 2.00 bits per heavy atom. The van der Waals surface area contributed by atoms with Gasteiger partial charge in [0, 0.05) is 19.3 Å². The van der Waals surface area contributed by atoms with Gasteiger partial charge < -0.3 is 9.84 Å². The van der Waals surface area contributed by atoms with Crippen LogP contribution in [0.4, 0.5) is 8.78 Å². The van der Waals surface area contributed by atoms with Crippen molar-refractivity contribution < 1.29 is 23.4 Å². The molecule has 0 bridgehead atoms. The highest BCUT2D eigenvalue weighted by molar-refractivity contribution is 5.67. The van der Waals surface area contributed by atoms with Gasteiger partial charge in [-0.1, -0.05) is 24.5 Å². The lowest BCUT2D eigenvalue weighted by molar-refractivity contribution is -0.136. The smallest absolute Gasteiger partial charge is 0.303 e. The minimum absolute atomic E-state index is 0.0910. The molecule has 2 aliphatic carbocycles. The van der Waals surface area contributed by atoms with Gasteiger partial charge >= 0.3 is 5.97 Å². The van der Waals surface area contributed by atoms with Crippen molar-refractivity contribution >= 4 is 5.97 Å². The second-order valence-electron chi connectivity index (χ2n) is 7.59. The van der Waals surface area contributed by atoms with Gasteiger partial charge in [-0.3, -0.25) is 4.79 Å². The maximum Gasteiger partial charge on any atom is 0.303 e. The lowest BCUT2D eigenvalue weighted by Gasteiger charge is -2.15. The van der Waals surface area contributed by atoms with E-state index < -0.39 is 11.9 Å². The van der Waals surface area contributed by atoms with Crippen LogP contribution in [-0.2, 0) is 11.2 Å². The van der Waals surface area contributed by atoms with Crippen LogP contribution in [-0.4, -0.2) is 23.6 Å². The third kappa shape index (κ3) is 4.63. The largest absolute Gasteiger partial charge is 0.489 e. The van der Waals surface area contributed by atoms with Gasteiger partial charge in [0.05, 0.1) is 0 Å². The summed E-state index contributed by atoms with van der Waals surface area (Å²) in [5.74, 6) is -2.50. The SMILES string of the molecule is Cc1cc(OCC2=C(C3CCCC3)CC(F)(F)C2)ccc1CCC(=O)O. The van der Waals surface area contributed by atoms with Crippen LogP contribution in [0, 0.1) is 12.8 Å². The molecule has 3 nitrogen and oxygen atoms in total. The second-order valence-corrected chi connectivity index (χ2v) is 7.59. The molecular weight excluding hydrogens is 338 g/mol. The van der Waals surface area contributed by atoms with Crippen LogP contribution in [0.1, 0.15) is 56.1 Å². The van der Waals surface area contributed by atoms with Crippen LogP contribution in [0.25, 0.3) is 0 Å². The number of aryl methyl sites for hydroxylation is 2. The summed E-state index contributed by atoms with van der Waals surface area (Å²) in [5, 5.41) is 8.79. The summed E-state index contributed by atoms with van der Waals surface area (Å²) in [5.41, 5.74) is 3.64. The third-order valence-electron chi connectivity index (χ3n) is 5.56. The quantitative estimate of drug-likeness (QED) is 0.667. The maximum atomic E-state index is 13.9. The summed E-state index contributed by atoms with van der Waals surface area (Å²) in [6, 6.07) is 5.52. The first-order chi connectivity index (χ1) is 12.3. The molecular formula is C21H26F2O3. The van der Waals surface area contributed by atoms with Gasteiger partial charge in [-0.15, -0.1) is 0 Å². The topological polar surface area (TPSA) is 46.5 Å². The lowest BCUT2D eigenvalue weighted by atomic mass is 9.94. The first kappa shape index (κ1) is 18.9. The summed E-state index contributed by atoms with van der Waals surface area (Å²) in [6.07, 6.45) is 4.57. The minimum Gasteiger partial charge on any atom is -0.489 e. The molecule has 1 saturated carbocycles. The van der Waals surface area contributed by atoms with E-state index in [1.165, 1.54) is 0 Å². The normalized spacial score (nSPS) is 20.0. The monoisotopic (exact) mass is 364 g/mol. The Bertz CT molecular complexity index is 703. The Morgan fingerprint density at radius 3 is 2.65 bits per heavy atom. The molecule has 1 N–H and O–H groups in total. The van der Waals surface area contributed by atoms with Crippen molar-refractivity contribution in [1.29, 1.82) is 0 Å². The molecule has 5 heteroatoms. The fourth-order valence-corrected chi connectivity index (χ4v) is 4.19. The lowest BCUT2D eigenvalue weighted by Crippen LogP contribution is -2.12. The Labute approximate surface area is 153 Å². The maximum absolute atomic E-state index is 13.9. The van der Waals surface area contributed by atoms with E-state index in [4.69, 9.17) is 9.84 Å². The van der Waals surface area contributed by atoms with Gasteiger partial charge in [0.25, 0.3) is 5.92 Å². The third-order valence-corrected chi connectivity index (χ3v) is 5.56. The van der Waals surface area contributed by atoms with Crippen molar-refractivity contribution in [2.24, 2.45) is 5.92 Å². The molecule has 0 amide bonds. The highest BCUT2D eigenvalue weighted by Crippen LogP contribution is 2.46.